The molecule has 0 amide bonds. The summed E-state index contributed by atoms with van der Waals surface area (Å²) in [5.74, 6) is -4.33. The van der Waals surface area contributed by atoms with E-state index in [4.69, 9.17) is 9.47 Å². The van der Waals surface area contributed by atoms with Gasteiger partial charge in [-0.05, 0) is 26.7 Å². The smallest absolute Gasteiger partial charge is 0.337 e. The van der Waals surface area contributed by atoms with Crippen LogP contribution in [0.4, 0.5) is 0 Å². The summed E-state index contributed by atoms with van der Waals surface area (Å²) in [4.78, 5) is 23.3. The van der Waals surface area contributed by atoms with E-state index in [-0.39, 0.29) is 24.2 Å². The molecule has 132 valence electrons. The van der Waals surface area contributed by atoms with E-state index in [2.05, 4.69) is 13.2 Å². The number of esters is 2. The predicted molar refractivity (Wildman–Crippen MR) is 86.1 cm³/mol. The first-order valence-electron chi connectivity index (χ1n) is 7.69. The van der Waals surface area contributed by atoms with Crippen LogP contribution in [0.3, 0.4) is 0 Å². The summed E-state index contributed by atoms with van der Waals surface area (Å²) in [5.41, 5.74) is -1.10. The maximum absolute atomic E-state index is 11.7. The molecule has 23 heavy (non-hydrogen) atoms. The molecule has 0 aliphatic carbocycles. The SMILES string of the molecule is C=C(C)C(=O)OCC(CC)(CCCC)C(O)(O)OC(=O)C(=C)C. The Morgan fingerprint density at radius 2 is 1.57 bits per heavy atom. The van der Waals surface area contributed by atoms with Crippen LogP contribution in [-0.2, 0) is 19.1 Å². The zero-order valence-corrected chi connectivity index (χ0v) is 14.5. The van der Waals surface area contributed by atoms with Crippen molar-refractivity contribution in [3.63, 3.8) is 0 Å². The highest BCUT2D eigenvalue weighted by molar-refractivity contribution is 5.87. The Hall–Kier alpha value is -1.66. The van der Waals surface area contributed by atoms with Gasteiger partial charge in [-0.25, -0.2) is 9.59 Å². The van der Waals surface area contributed by atoms with Crippen LogP contribution in [0.5, 0.6) is 0 Å². The molecule has 0 radical (unpaired) electrons. The second-order valence-corrected chi connectivity index (χ2v) is 5.87. The average molecular weight is 328 g/mol. The molecule has 0 aromatic rings. The van der Waals surface area contributed by atoms with E-state index >= 15 is 0 Å². The van der Waals surface area contributed by atoms with Crippen molar-refractivity contribution in [3.05, 3.63) is 24.3 Å². The lowest BCUT2D eigenvalue weighted by Crippen LogP contribution is -2.54. The number of aliphatic hydroxyl groups is 2. The molecule has 0 spiro atoms. The predicted octanol–water partition coefficient (Wildman–Crippen LogP) is 2.45. The summed E-state index contributed by atoms with van der Waals surface area (Å²) in [6.07, 6.45) is 1.97. The number of unbranched alkanes of at least 4 members (excludes halogenated alkanes) is 1. The lowest BCUT2D eigenvalue weighted by Gasteiger charge is -2.41. The first-order valence-corrected chi connectivity index (χ1v) is 7.69. The normalized spacial score (nSPS) is 13.8. The monoisotopic (exact) mass is 328 g/mol. The third-order valence-electron chi connectivity index (χ3n) is 3.79. The number of hydrogen-bond acceptors (Lipinski definition) is 6. The van der Waals surface area contributed by atoms with Crippen molar-refractivity contribution in [2.75, 3.05) is 6.61 Å². The number of carbonyl (C=O) groups is 2. The molecule has 0 rings (SSSR count). The summed E-state index contributed by atoms with van der Waals surface area (Å²) >= 11 is 0. The quantitative estimate of drug-likeness (QED) is 0.363. The first-order chi connectivity index (χ1) is 10.5. The van der Waals surface area contributed by atoms with Crippen LogP contribution in [0, 0.1) is 5.41 Å². The molecule has 6 heteroatoms. The van der Waals surface area contributed by atoms with Gasteiger partial charge in [0.25, 0.3) is 0 Å². The molecule has 0 saturated heterocycles. The van der Waals surface area contributed by atoms with Crippen molar-refractivity contribution in [1.29, 1.82) is 0 Å². The van der Waals surface area contributed by atoms with Crippen molar-refractivity contribution in [2.45, 2.75) is 59.4 Å². The third-order valence-corrected chi connectivity index (χ3v) is 3.79. The molecule has 0 fully saturated rings. The molecular formula is C17H28O6. The Kier molecular flexibility index (Phi) is 8.20. The molecule has 0 heterocycles. The van der Waals surface area contributed by atoms with Crippen LogP contribution < -0.4 is 0 Å². The van der Waals surface area contributed by atoms with Gasteiger partial charge in [0.2, 0.25) is 0 Å². The van der Waals surface area contributed by atoms with E-state index in [1.54, 1.807) is 6.92 Å². The van der Waals surface area contributed by atoms with Gasteiger partial charge in [0, 0.05) is 11.1 Å². The van der Waals surface area contributed by atoms with Gasteiger partial charge in [-0.15, -0.1) is 0 Å². The zero-order valence-electron chi connectivity index (χ0n) is 14.5. The Morgan fingerprint density at radius 3 is 1.96 bits per heavy atom. The lowest BCUT2D eigenvalue weighted by atomic mass is 9.78. The highest BCUT2D eigenvalue weighted by Crippen LogP contribution is 2.40. The zero-order chi connectivity index (χ0) is 18.3. The van der Waals surface area contributed by atoms with Gasteiger partial charge in [-0.3, -0.25) is 0 Å². The van der Waals surface area contributed by atoms with Gasteiger partial charge < -0.3 is 19.7 Å². The standard InChI is InChI=1S/C17H28O6/c1-7-9-10-16(8-2,11-22-14(18)12(3)4)17(20,21)23-15(19)13(5)6/h20-21H,3,5,7-11H2,1-2,4,6H3. The van der Waals surface area contributed by atoms with E-state index in [0.29, 0.717) is 12.8 Å². The van der Waals surface area contributed by atoms with Crippen LogP contribution in [0.25, 0.3) is 0 Å². The summed E-state index contributed by atoms with van der Waals surface area (Å²) in [7, 11) is 0. The van der Waals surface area contributed by atoms with Crippen LogP contribution in [0.2, 0.25) is 0 Å². The maximum atomic E-state index is 11.7. The second kappa shape index (κ2) is 8.84. The van der Waals surface area contributed by atoms with Crippen LogP contribution in [0.1, 0.15) is 53.4 Å². The first kappa shape index (κ1) is 21.3. The van der Waals surface area contributed by atoms with Crippen LogP contribution in [0.15, 0.2) is 24.3 Å². The molecule has 6 nitrogen and oxygen atoms in total. The topological polar surface area (TPSA) is 93.1 Å². The van der Waals surface area contributed by atoms with E-state index in [1.165, 1.54) is 13.8 Å². The van der Waals surface area contributed by atoms with E-state index in [0.717, 1.165) is 6.42 Å². The van der Waals surface area contributed by atoms with Crippen molar-refractivity contribution in [3.8, 4) is 0 Å². The third kappa shape index (κ3) is 5.80. The van der Waals surface area contributed by atoms with Gasteiger partial charge in [-0.2, -0.15) is 0 Å². The van der Waals surface area contributed by atoms with Gasteiger partial charge >= 0.3 is 17.9 Å². The molecule has 2 N–H and O–H groups in total. The minimum absolute atomic E-state index is 0.0388. The van der Waals surface area contributed by atoms with Gasteiger partial charge in [-0.1, -0.05) is 39.8 Å². The van der Waals surface area contributed by atoms with Crippen molar-refractivity contribution >= 4 is 11.9 Å². The van der Waals surface area contributed by atoms with Gasteiger partial charge in [0.1, 0.15) is 6.61 Å². The van der Waals surface area contributed by atoms with Gasteiger partial charge in [0.05, 0.1) is 5.41 Å². The molecular weight excluding hydrogens is 300 g/mol. The summed E-state index contributed by atoms with van der Waals surface area (Å²) in [6, 6.07) is 0. The van der Waals surface area contributed by atoms with Gasteiger partial charge in [0.15, 0.2) is 0 Å². The Labute approximate surface area is 137 Å². The summed E-state index contributed by atoms with van der Waals surface area (Å²) < 4.78 is 9.92. The van der Waals surface area contributed by atoms with Crippen LogP contribution in [-0.4, -0.2) is 34.7 Å². The summed E-state index contributed by atoms with van der Waals surface area (Å²) in [5, 5.41) is 20.8. The fourth-order valence-corrected chi connectivity index (χ4v) is 2.00. The van der Waals surface area contributed by atoms with Crippen molar-refractivity contribution < 1.29 is 29.3 Å². The Morgan fingerprint density at radius 1 is 1.04 bits per heavy atom. The van der Waals surface area contributed by atoms with Crippen molar-refractivity contribution in [2.24, 2.45) is 5.41 Å². The molecule has 0 aromatic heterocycles. The van der Waals surface area contributed by atoms with E-state index in [9.17, 15) is 19.8 Å². The highest BCUT2D eigenvalue weighted by Gasteiger charge is 2.52. The molecule has 0 bridgehead atoms. The fourth-order valence-electron chi connectivity index (χ4n) is 2.00. The van der Waals surface area contributed by atoms with Crippen molar-refractivity contribution in [1.82, 2.24) is 0 Å². The number of hydrogen-bond donors (Lipinski definition) is 2. The number of carbonyl (C=O) groups excluding carboxylic acids is 2. The minimum Gasteiger partial charge on any atom is -0.461 e. The van der Waals surface area contributed by atoms with E-state index < -0.39 is 23.3 Å². The second-order valence-electron chi connectivity index (χ2n) is 5.87. The maximum Gasteiger partial charge on any atom is 0.337 e. The lowest BCUT2D eigenvalue weighted by molar-refractivity contribution is -0.382. The highest BCUT2D eigenvalue weighted by atomic mass is 16.8. The minimum atomic E-state index is -2.78. The molecule has 1 atom stereocenters. The molecule has 0 saturated carbocycles. The fraction of sp³-hybridized carbons (Fsp3) is 0.647. The number of rotatable bonds is 10. The Balaban J connectivity index is 5.44. The Bertz CT molecular complexity index is 466. The molecule has 0 aromatic carbocycles. The number of ether oxygens (including phenoxy) is 2. The molecule has 1 unspecified atom stereocenters. The molecule has 0 aliphatic rings. The molecule has 0 aliphatic heterocycles. The summed E-state index contributed by atoms with van der Waals surface area (Å²) in [6.45, 7) is 13.1. The van der Waals surface area contributed by atoms with Crippen LogP contribution >= 0.6 is 0 Å². The largest absolute Gasteiger partial charge is 0.461 e. The average Bonchev–Trinajstić information content (AvgIpc) is 2.46. The van der Waals surface area contributed by atoms with E-state index in [1.807, 2.05) is 6.92 Å².